The van der Waals surface area contributed by atoms with E-state index in [2.05, 4.69) is 5.16 Å². The topological polar surface area (TPSA) is 83.0 Å². The lowest BCUT2D eigenvalue weighted by Crippen LogP contribution is -2.31. The van der Waals surface area contributed by atoms with Crippen molar-refractivity contribution in [2.75, 3.05) is 0 Å². The van der Waals surface area contributed by atoms with Crippen LogP contribution in [0.1, 0.15) is 12.0 Å². The molecule has 1 heterocycles. The lowest BCUT2D eigenvalue weighted by Gasteiger charge is -2.12. The number of aliphatic carboxylic acids is 1. The number of para-hydroxylation sites is 1. The Morgan fingerprint density at radius 3 is 2.52 bits per heavy atom. The van der Waals surface area contributed by atoms with E-state index in [0.29, 0.717) is 16.6 Å². The van der Waals surface area contributed by atoms with Crippen molar-refractivity contribution >= 4 is 33.6 Å². The maximum atomic E-state index is 13.4. The average molecular weight is 319 g/mol. The summed E-state index contributed by atoms with van der Waals surface area (Å²) < 4.78 is 32.3. The summed E-state index contributed by atoms with van der Waals surface area (Å²) in [5.41, 5.74) is 0.979. The van der Waals surface area contributed by atoms with Gasteiger partial charge < -0.3 is 14.7 Å². The van der Waals surface area contributed by atoms with E-state index in [1.807, 2.05) is 12.1 Å². The molecule has 3 aromatic rings. The second-order valence-electron chi connectivity index (χ2n) is 5.04. The van der Waals surface area contributed by atoms with E-state index in [1.54, 1.807) is 18.2 Å². The summed E-state index contributed by atoms with van der Waals surface area (Å²) in [7, 11) is 0. The first-order chi connectivity index (χ1) is 10.9. The Kier molecular flexibility index (Phi) is 3.48. The van der Waals surface area contributed by atoms with E-state index in [4.69, 9.17) is 14.7 Å². The van der Waals surface area contributed by atoms with Crippen molar-refractivity contribution in [1.29, 1.82) is 0 Å². The van der Waals surface area contributed by atoms with Gasteiger partial charge in [-0.1, -0.05) is 23.4 Å². The minimum absolute atomic E-state index is 0.201. The van der Waals surface area contributed by atoms with Crippen LogP contribution >= 0.6 is 0 Å². The van der Waals surface area contributed by atoms with E-state index in [0.717, 1.165) is 5.39 Å². The fourth-order valence-corrected chi connectivity index (χ4v) is 2.39. The van der Waals surface area contributed by atoms with Crippen molar-refractivity contribution in [3.8, 4) is 0 Å². The van der Waals surface area contributed by atoms with Gasteiger partial charge in [-0.25, -0.2) is 4.79 Å². The molecule has 5 nitrogen and oxygen atoms in total. The highest BCUT2D eigenvalue weighted by Crippen LogP contribution is 2.30. The summed E-state index contributed by atoms with van der Waals surface area (Å²) >= 11 is 0. The van der Waals surface area contributed by atoms with Crippen LogP contribution in [0, 0.1) is 0 Å². The summed E-state index contributed by atoms with van der Waals surface area (Å²) in [4.78, 5) is 10.5. The second-order valence-corrected chi connectivity index (χ2v) is 5.04. The number of hydrogen-bond acceptors (Lipinski definition) is 4. The largest absolute Gasteiger partial charge is 0.477 e. The zero-order valence-corrected chi connectivity index (χ0v) is 11.7. The fourth-order valence-electron chi connectivity index (χ4n) is 2.39. The van der Waals surface area contributed by atoms with Gasteiger partial charge in [-0.3, -0.25) is 0 Å². The first kappa shape index (κ1) is 15.0. The molecule has 1 aromatic heterocycles. The molecule has 7 heteroatoms. The number of alkyl halides is 2. The Morgan fingerprint density at radius 2 is 1.83 bits per heavy atom. The molecule has 0 bridgehead atoms. The molecule has 23 heavy (non-hydrogen) atoms. The van der Waals surface area contributed by atoms with Gasteiger partial charge in [0.2, 0.25) is 0 Å². The number of rotatable bonds is 4. The smallest absolute Gasteiger partial charge is 0.374 e. The Hall–Kier alpha value is -2.96. The van der Waals surface area contributed by atoms with Crippen molar-refractivity contribution in [2.24, 2.45) is 5.16 Å². The van der Waals surface area contributed by atoms with Gasteiger partial charge in [0.1, 0.15) is 11.2 Å². The van der Waals surface area contributed by atoms with Gasteiger partial charge in [-0.15, -0.1) is 0 Å². The molecule has 2 N–H and O–H groups in total. The van der Waals surface area contributed by atoms with Crippen molar-refractivity contribution < 1.29 is 28.3 Å². The van der Waals surface area contributed by atoms with Crippen LogP contribution in [0.3, 0.4) is 0 Å². The van der Waals surface area contributed by atoms with Gasteiger partial charge in [0.25, 0.3) is 0 Å². The van der Waals surface area contributed by atoms with Gasteiger partial charge in [0, 0.05) is 16.3 Å². The number of halogens is 2. The molecule has 0 aliphatic carbocycles. The summed E-state index contributed by atoms with van der Waals surface area (Å²) in [5.74, 6) is -6.29. The highest BCUT2D eigenvalue weighted by molar-refractivity contribution is 6.10. The van der Waals surface area contributed by atoms with Crippen LogP contribution in [-0.4, -0.2) is 27.9 Å². The van der Waals surface area contributed by atoms with Gasteiger partial charge in [0.15, 0.2) is 0 Å². The van der Waals surface area contributed by atoms with E-state index in [1.165, 1.54) is 12.1 Å². The second kappa shape index (κ2) is 5.35. The summed E-state index contributed by atoms with van der Waals surface area (Å²) in [5, 5.41) is 21.8. The summed E-state index contributed by atoms with van der Waals surface area (Å²) in [6.45, 7) is 0. The van der Waals surface area contributed by atoms with Crippen molar-refractivity contribution in [2.45, 2.75) is 12.3 Å². The first-order valence-corrected chi connectivity index (χ1v) is 6.66. The van der Waals surface area contributed by atoms with Gasteiger partial charge in [-0.2, -0.15) is 8.78 Å². The monoisotopic (exact) mass is 319 g/mol. The molecular weight excluding hydrogens is 308 g/mol. The Morgan fingerprint density at radius 1 is 1.13 bits per heavy atom. The van der Waals surface area contributed by atoms with Gasteiger partial charge >= 0.3 is 11.9 Å². The number of nitrogens with zero attached hydrogens (tertiary/aromatic N) is 1. The quantitative estimate of drug-likeness (QED) is 0.434. The lowest BCUT2D eigenvalue weighted by atomic mass is 10.0. The summed E-state index contributed by atoms with van der Waals surface area (Å²) in [6, 6.07) is 11.7. The van der Waals surface area contributed by atoms with E-state index in [-0.39, 0.29) is 5.56 Å². The minimum atomic E-state index is -4.02. The maximum absolute atomic E-state index is 13.4. The molecule has 0 unspecified atom stereocenters. The predicted molar refractivity (Wildman–Crippen MR) is 79.2 cm³/mol. The fraction of sp³-hybridized carbons (Fsp3) is 0.125. The van der Waals surface area contributed by atoms with E-state index < -0.39 is 24.0 Å². The Bertz CT molecular complexity index is 930. The van der Waals surface area contributed by atoms with Crippen molar-refractivity contribution in [3.63, 3.8) is 0 Å². The highest BCUT2D eigenvalue weighted by Gasteiger charge is 2.40. The molecule has 0 spiro atoms. The normalized spacial score (nSPS) is 12.9. The molecule has 3 rings (SSSR count). The number of oxime groups is 1. The third kappa shape index (κ3) is 2.61. The van der Waals surface area contributed by atoms with Crippen LogP contribution in [0.4, 0.5) is 8.78 Å². The zero-order chi connectivity index (χ0) is 16.6. The van der Waals surface area contributed by atoms with Crippen LogP contribution < -0.4 is 0 Å². The molecule has 0 saturated heterocycles. The van der Waals surface area contributed by atoms with Crippen LogP contribution in [-0.2, 0) is 4.79 Å². The number of carboxylic acid groups (broad SMARTS) is 1. The van der Waals surface area contributed by atoms with Crippen molar-refractivity contribution in [3.05, 3.63) is 48.0 Å². The molecule has 0 amide bonds. The van der Waals surface area contributed by atoms with Gasteiger partial charge in [0.05, 0.1) is 12.1 Å². The number of hydrogen-bond donors (Lipinski definition) is 2. The molecule has 0 saturated carbocycles. The van der Waals surface area contributed by atoms with E-state index in [9.17, 15) is 13.6 Å². The molecule has 2 aromatic carbocycles. The molecule has 0 radical (unpaired) electrons. The van der Waals surface area contributed by atoms with Crippen molar-refractivity contribution in [1.82, 2.24) is 0 Å². The number of fused-ring (bicyclic) bond motifs is 3. The molecule has 118 valence electrons. The molecule has 0 fully saturated rings. The predicted octanol–water partition coefficient (Wildman–Crippen LogP) is 3.87. The average Bonchev–Trinajstić information content (AvgIpc) is 2.90. The first-order valence-electron chi connectivity index (χ1n) is 6.66. The van der Waals surface area contributed by atoms with Crippen LogP contribution in [0.25, 0.3) is 21.9 Å². The molecular formula is C16H11F2NO4. The minimum Gasteiger partial charge on any atom is -0.477 e. The molecule has 0 atom stereocenters. The highest BCUT2D eigenvalue weighted by atomic mass is 19.3. The third-order valence-corrected chi connectivity index (χ3v) is 3.53. The zero-order valence-electron chi connectivity index (χ0n) is 11.7. The number of furan rings is 1. The van der Waals surface area contributed by atoms with Crippen LogP contribution in [0.15, 0.2) is 52.0 Å². The molecule has 0 aliphatic heterocycles. The van der Waals surface area contributed by atoms with Crippen LogP contribution in [0.5, 0.6) is 0 Å². The molecule has 0 aliphatic rings. The number of carboxylic acids is 1. The SMILES string of the molecule is O=C(O)C(F)(F)C/C(=N\O)c1ccc2oc3ccccc3c2c1. The number of carbonyl (C=O) groups is 1. The Labute approximate surface area is 128 Å². The Balaban J connectivity index is 2.08. The van der Waals surface area contributed by atoms with E-state index >= 15 is 0 Å². The lowest BCUT2D eigenvalue weighted by molar-refractivity contribution is -0.163. The van der Waals surface area contributed by atoms with Crippen LogP contribution in [0.2, 0.25) is 0 Å². The third-order valence-electron chi connectivity index (χ3n) is 3.53. The number of benzene rings is 2. The van der Waals surface area contributed by atoms with Gasteiger partial charge in [-0.05, 0) is 24.3 Å². The maximum Gasteiger partial charge on any atom is 0.374 e. The summed E-state index contributed by atoms with van der Waals surface area (Å²) in [6.07, 6.45) is -1.21. The standard InChI is InChI=1S/C16H11F2NO4/c17-16(18,15(20)21)8-12(19-22)9-5-6-14-11(7-9)10-3-1-2-4-13(10)23-14/h1-7,22H,8H2,(H,20,21)/b19-12+.